The molecule has 0 heterocycles. The standard InChI is InChI=1S/C7H14N2O3S.ClH/c1-2-6(10)9-4-13-3-5(8)7(11)12;/h5H,2-4,8H2,1H3,(H,9,10)(H,11,12);1H/t5-;/m0./s1. The van der Waals surface area contributed by atoms with E-state index >= 15 is 0 Å². The van der Waals surface area contributed by atoms with E-state index in [2.05, 4.69) is 5.32 Å². The number of hydrogen-bond acceptors (Lipinski definition) is 4. The molecule has 0 saturated heterocycles. The molecule has 0 aromatic carbocycles. The summed E-state index contributed by atoms with van der Waals surface area (Å²) >= 11 is 1.30. The van der Waals surface area contributed by atoms with Crippen LogP contribution < -0.4 is 11.1 Å². The van der Waals surface area contributed by atoms with Gasteiger partial charge in [-0.2, -0.15) is 0 Å². The molecule has 1 atom stereocenters. The highest BCUT2D eigenvalue weighted by Gasteiger charge is 2.10. The van der Waals surface area contributed by atoms with Crippen LogP contribution in [0.3, 0.4) is 0 Å². The molecule has 0 saturated carbocycles. The van der Waals surface area contributed by atoms with E-state index in [4.69, 9.17) is 10.8 Å². The van der Waals surface area contributed by atoms with Gasteiger partial charge in [-0.1, -0.05) is 6.92 Å². The van der Waals surface area contributed by atoms with E-state index in [1.807, 2.05) is 0 Å². The molecule has 1 amide bonds. The van der Waals surface area contributed by atoms with Crippen LogP contribution in [0.4, 0.5) is 0 Å². The Labute approximate surface area is 93.2 Å². The highest BCUT2D eigenvalue weighted by atomic mass is 35.5. The van der Waals surface area contributed by atoms with E-state index in [1.165, 1.54) is 11.8 Å². The summed E-state index contributed by atoms with van der Waals surface area (Å²) in [5.74, 6) is -0.349. The Kier molecular flexibility index (Phi) is 10.4. The SMILES string of the molecule is CCC(=O)NCSC[C@H](N)C(=O)O.Cl. The van der Waals surface area contributed by atoms with Crippen LogP contribution in [0, 0.1) is 0 Å². The maximum Gasteiger partial charge on any atom is 0.321 e. The minimum Gasteiger partial charge on any atom is -0.480 e. The van der Waals surface area contributed by atoms with Gasteiger partial charge in [0, 0.05) is 12.2 Å². The predicted molar refractivity (Wildman–Crippen MR) is 58.6 cm³/mol. The Morgan fingerprint density at radius 2 is 2.14 bits per heavy atom. The Morgan fingerprint density at radius 1 is 1.57 bits per heavy atom. The topological polar surface area (TPSA) is 92.4 Å². The van der Waals surface area contributed by atoms with Crippen molar-refractivity contribution in [1.29, 1.82) is 0 Å². The number of carboxylic acids is 1. The number of nitrogens with one attached hydrogen (secondary N) is 1. The maximum absolute atomic E-state index is 10.7. The molecule has 0 aliphatic heterocycles. The lowest BCUT2D eigenvalue weighted by atomic mass is 10.4. The van der Waals surface area contributed by atoms with Crippen molar-refractivity contribution in [2.45, 2.75) is 19.4 Å². The highest BCUT2D eigenvalue weighted by molar-refractivity contribution is 7.99. The van der Waals surface area contributed by atoms with Crippen molar-refractivity contribution in [2.75, 3.05) is 11.6 Å². The zero-order valence-electron chi connectivity index (χ0n) is 7.86. The Morgan fingerprint density at radius 3 is 2.57 bits per heavy atom. The number of hydrogen-bond donors (Lipinski definition) is 3. The predicted octanol–water partition coefficient (Wildman–Crippen LogP) is 0.0370. The van der Waals surface area contributed by atoms with Crippen LogP contribution in [0.15, 0.2) is 0 Å². The molecule has 5 nitrogen and oxygen atoms in total. The van der Waals surface area contributed by atoms with Gasteiger partial charge in [-0.25, -0.2) is 0 Å². The minimum absolute atomic E-state index is 0. The van der Waals surface area contributed by atoms with Gasteiger partial charge in [0.05, 0.1) is 5.88 Å². The molecular formula is C7H15ClN2O3S. The first-order valence-electron chi connectivity index (χ1n) is 3.90. The van der Waals surface area contributed by atoms with Crippen LogP contribution in [0.25, 0.3) is 0 Å². The van der Waals surface area contributed by atoms with Crippen molar-refractivity contribution in [3.8, 4) is 0 Å². The van der Waals surface area contributed by atoms with Gasteiger partial charge in [0.15, 0.2) is 0 Å². The Balaban J connectivity index is 0. The van der Waals surface area contributed by atoms with Crippen molar-refractivity contribution < 1.29 is 14.7 Å². The number of halogens is 1. The van der Waals surface area contributed by atoms with Crippen LogP contribution in [-0.2, 0) is 9.59 Å². The normalized spacial score (nSPS) is 11.3. The smallest absolute Gasteiger partial charge is 0.321 e. The molecule has 84 valence electrons. The number of amides is 1. The zero-order valence-corrected chi connectivity index (χ0v) is 9.49. The summed E-state index contributed by atoms with van der Waals surface area (Å²) in [6, 6.07) is -0.858. The second-order valence-corrected chi connectivity index (χ2v) is 3.44. The summed E-state index contributed by atoms with van der Waals surface area (Å²) in [7, 11) is 0. The van der Waals surface area contributed by atoms with Crippen molar-refractivity contribution in [3.63, 3.8) is 0 Å². The van der Waals surface area contributed by atoms with E-state index in [1.54, 1.807) is 6.92 Å². The second kappa shape index (κ2) is 9.11. The summed E-state index contributed by atoms with van der Waals surface area (Å²) in [6.07, 6.45) is 0.436. The van der Waals surface area contributed by atoms with E-state index < -0.39 is 12.0 Å². The van der Waals surface area contributed by atoms with Crippen molar-refractivity contribution in [1.82, 2.24) is 5.32 Å². The van der Waals surface area contributed by atoms with Crippen LogP contribution >= 0.6 is 24.2 Å². The first-order valence-corrected chi connectivity index (χ1v) is 5.06. The molecular weight excluding hydrogens is 228 g/mol. The van der Waals surface area contributed by atoms with E-state index in [0.717, 1.165) is 0 Å². The van der Waals surface area contributed by atoms with Crippen LogP contribution in [-0.4, -0.2) is 34.7 Å². The maximum atomic E-state index is 10.7. The van der Waals surface area contributed by atoms with Gasteiger partial charge in [0.2, 0.25) is 5.91 Å². The van der Waals surface area contributed by atoms with Gasteiger partial charge < -0.3 is 16.2 Å². The monoisotopic (exact) mass is 242 g/mol. The van der Waals surface area contributed by atoms with E-state index in [0.29, 0.717) is 18.1 Å². The van der Waals surface area contributed by atoms with Crippen molar-refractivity contribution in [2.24, 2.45) is 5.73 Å². The van der Waals surface area contributed by atoms with Crippen LogP contribution in [0.5, 0.6) is 0 Å². The highest BCUT2D eigenvalue weighted by Crippen LogP contribution is 1.99. The number of aliphatic carboxylic acids is 1. The number of rotatable bonds is 6. The summed E-state index contributed by atoms with van der Waals surface area (Å²) in [5, 5.41) is 11.0. The van der Waals surface area contributed by atoms with Crippen LogP contribution in [0.2, 0.25) is 0 Å². The molecule has 0 aliphatic carbocycles. The van der Waals surface area contributed by atoms with E-state index in [-0.39, 0.29) is 18.3 Å². The molecule has 0 rings (SSSR count). The lowest BCUT2D eigenvalue weighted by Gasteiger charge is -2.06. The third-order valence-electron chi connectivity index (χ3n) is 1.31. The quantitative estimate of drug-likeness (QED) is 0.452. The largest absolute Gasteiger partial charge is 0.480 e. The summed E-state index contributed by atoms with van der Waals surface area (Å²) < 4.78 is 0. The fraction of sp³-hybridized carbons (Fsp3) is 0.714. The average Bonchev–Trinajstić information content (AvgIpc) is 2.11. The summed E-state index contributed by atoms with van der Waals surface area (Å²) in [4.78, 5) is 21.0. The van der Waals surface area contributed by atoms with Crippen molar-refractivity contribution in [3.05, 3.63) is 0 Å². The van der Waals surface area contributed by atoms with E-state index in [9.17, 15) is 9.59 Å². The molecule has 0 aromatic rings. The third kappa shape index (κ3) is 8.15. The molecule has 7 heteroatoms. The Hall–Kier alpha value is -0.460. The molecule has 0 aliphatic rings. The van der Waals surface area contributed by atoms with Crippen LogP contribution in [0.1, 0.15) is 13.3 Å². The summed E-state index contributed by atoms with van der Waals surface area (Å²) in [6.45, 7) is 1.75. The number of carbonyl (C=O) groups excluding carboxylic acids is 1. The third-order valence-corrected chi connectivity index (χ3v) is 2.25. The van der Waals surface area contributed by atoms with Gasteiger partial charge >= 0.3 is 5.97 Å². The number of carbonyl (C=O) groups is 2. The first-order chi connectivity index (χ1) is 6.07. The van der Waals surface area contributed by atoms with Gasteiger partial charge in [-0.3, -0.25) is 9.59 Å². The van der Waals surface area contributed by atoms with Crippen molar-refractivity contribution >= 4 is 36.0 Å². The van der Waals surface area contributed by atoms with Gasteiger partial charge in [0.25, 0.3) is 0 Å². The number of carboxylic acid groups (broad SMARTS) is 1. The van der Waals surface area contributed by atoms with Gasteiger partial charge in [-0.15, -0.1) is 24.2 Å². The first kappa shape index (κ1) is 16.0. The second-order valence-electron chi connectivity index (χ2n) is 2.41. The minimum atomic E-state index is -1.02. The summed E-state index contributed by atoms with van der Waals surface area (Å²) in [5.41, 5.74) is 5.23. The Bertz CT molecular complexity index is 192. The molecule has 0 spiro atoms. The fourth-order valence-electron chi connectivity index (χ4n) is 0.514. The van der Waals surface area contributed by atoms with Gasteiger partial charge in [-0.05, 0) is 0 Å². The molecule has 0 bridgehead atoms. The fourth-order valence-corrected chi connectivity index (χ4v) is 1.29. The lowest BCUT2D eigenvalue weighted by molar-refractivity contribution is -0.137. The molecule has 0 radical (unpaired) electrons. The number of nitrogens with two attached hydrogens (primary N) is 1. The molecule has 0 unspecified atom stereocenters. The number of thioether (sulfide) groups is 1. The van der Waals surface area contributed by atoms with Gasteiger partial charge in [0.1, 0.15) is 6.04 Å². The lowest BCUT2D eigenvalue weighted by Crippen LogP contribution is -2.33. The zero-order chi connectivity index (χ0) is 10.3. The molecule has 0 aromatic heterocycles. The molecule has 4 N–H and O–H groups in total. The molecule has 0 fully saturated rings. The average molecular weight is 243 g/mol. The molecule has 14 heavy (non-hydrogen) atoms.